The van der Waals surface area contributed by atoms with Gasteiger partial charge in [0.15, 0.2) is 0 Å². The molecular weight excluding hydrogens is 236 g/mol. The Hall–Kier alpha value is -1.81. The molecule has 0 amide bonds. The Labute approximate surface area is 114 Å². The van der Waals surface area contributed by atoms with E-state index >= 15 is 0 Å². The standard InChI is InChI=1S/C15H22N4/c1-4-13-12(10-19(3)18-13)15(9-16)17-14-8-6-5-7-11(14)2/h5-8,10,15,17H,4,9,16H2,1-3H3. The third-order valence-corrected chi connectivity index (χ3v) is 3.36. The van der Waals surface area contributed by atoms with Crippen LogP contribution in [0.25, 0.3) is 0 Å². The molecule has 3 N–H and O–H groups in total. The summed E-state index contributed by atoms with van der Waals surface area (Å²) in [5, 5.41) is 8.01. The van der Waals surface area contributed by atoms with Gasteiger partial charge in [0.25, 0.3) is 0 Å². The van der Waals surface area contributed by atoms with Crippen molar-refractivity contribution in [1.82, 2.24) is 9.78 Å². The van der Waals surface area contributed by atoms with Gasteiger partial charge in [0.1, 0.15) is 0 Å². The van der Waals surface area contributed by atoms with Crippen molar-refractivity contribution in [3.05, 3.63) is 47.3 Å². The van der Waals surface area contributed by atoms with E-state index in [-0.39, 0.29) is 6.04 Å². The fraction of sp³-hybridized carbons (Fsp3) is 0.400. The van der Waals surface area contributed by atoms with Crippen molar-refractivity contribution in [1.29, 1.82) is 0 Å². The van der Waals surface area contributed by atoms with Gasteiger partial charge in [0.2, 0.25) is 0 Å². The highest BCUT2D eigenvalue weighted by Gasteiger charge is 2.16. The number of hydrogen-bond donors (Lipinski definition) is 2. The summed E-state index contributed by atoms with van der Waals surface area (Å²) in [6.07, 6.45) is 2.98. The Morgan fingerprint density at radius 3 is 2.74 bits per heavy atom. The second-order valence-electron chi connectivity index (χ2n) is 4.81. The molecule has 1 unspecified atom stereocenters. The van der Waals surface area contributed by atoms with Crippen molar-refractivity contribution in [2.45, 2.75) is 26.3 Å². The number of nitrogens with one attached hydrogen (secondary N) is 1. The molecule has 0 saturated heterocycles. The second-order valence-corrected chi connectivity index (χ2v) is 4.81. The van der Waals surface area contributed by atoms with E-state index in [1.54, 1.807) is 0 Å². The molecule has 0 aliphatic carbocycles. The van der Waals surface area contributed by atoms with Crippen LogP contribution in [-0.2, 0) is 13.5 Å². The van der Waals surface area contributed by atoms with Gasteiger partial charge in [0.05, 0.1) is 11.7 Å². The number of anilines is 1. The van der Waals surface area contributed by atoms with Crippen LogP contribution in [0.15, 0.2) is 30.5 Å². The minimum absolute atomic E-state index is 0.102. The number of benzene rings is 1. The van der Waals surface area contributed by atoms with E-state index in [2.05, 4.69) is 42.6 Å². The topological polar surface area (TPSA) is 55.9 Å². The molecule has 4 nitrogen and oxygen atoms in total. The summed E-state index contributed by atoms with van der Waals surface area (Å²) in [7, 11) is 1.95. The van der Waals surface area contributed by atoms with Crippen LogP contribution in [0.3, 0.4) is 0 Å². The van der Waals surface area contributed by atoms with Crippen molar-refractivity contribution >= 4 is 5.69 Å². The van der Waals surface area contributed by atoms with Gasteiger partial charge in [-0.25, -0.2) is 0 Å². The van der Waals surface area contributed by atoms with E-state index in [0.29, 0.717) is 6.54 Å². The summed E-state index contributed by atoms with van der Waals surface area (Å²) in [6.45, 7) is 4.76. The largest absolute Gasteiger partial charge is 0.377 e. The summed E-state index contributed by atoms with van der Waals surface area (Å²) in [4.78, 5) is 0. The zero-order valence-corrected chi connectivity index (χ0v) is 11.9. The summed E-state index contributed by atoms with van der Waals surface area (Å²) in [5.74, 6) is 0. The number of para-hydroxylation sites is 1. The van der Waals surface area contributed by atoms with E-state index in [1.165, 1.54) is 11.1 Å². The lowest BCUT2D eigenvalue weighted by Gasteiger charge is -2.19. The maximum absolute atomic E-state index is 5.94. The van der Waals surface area contributed by atoms with Crippen LogP contribution in [0.1, 0.15) is 29.8 Å². The number of hydrogen-bond acceptors (Lipinski definition) is 3. The third kappa shape index (κ3) is 2.96. The average molecular weight is 258 g/mol. The third-order valence-electron chi connectivity index (χ3n) is 3.36. The predicted molar refractivity (Wildman–Crippen MR) is 79.2 cm³/mol. The van der Waals surface area contributed by atoms with Gasteiger partial charge in [-0.1, -0.05) is 25.1 Å². The molecule has 0 bridgehead atoms. The average Bonchev–Trinajstić information content (AvgIpc) is 2.79. The van der Waals surface area contributed by atoms with Gasteiger partial charge >= 0.3 is 0 Å². The van der Waals surface area contributed by atoms with Gasteiger partial charge < -0.3 is 11.1 Å². The Morgan fingerprint density at radius 2 is 2.11 bits per heavy atom. The molecule has 0 spiro atoms. The fourth-order valence-electron chi connectivity index (χ4n) is 2.30. The van der Waals surface area contributed by atoms with E-state index in [9.17, 15) is 0 Å². The van der Waals surface area contributed by atoms with Gasteiger partial charge in [-0.15, -0.1) is 0 Å². The summed E-state index contributed by atoms with van der Waals surface area (Å²) in [5.41, 5.74) is 10.6. The highest BCUT2D eigenvalue weighted by Crippen LogP contribution is 2.23. The zero-order valence-electron chi connectivity index (χ0n) is 11.9. The van der Waals surface area contributed by atoms with Crippen molar-refractivity contribution in [3.8, 4) is 0 Å². The maximum atomic E-state index is 5.94. The van der Waals surface area contributed by atoms with E-state index in [1.807, 2.05) is 23.9 Å². The monoisotopic (exact) mass is 258 g/mol. The van der Waals surface area contributed by atoms with Gasteiger partial charge in [-0.05, 0) is 25.0 Å². The lowest BCUT2D eigenvalue weighted by molar-refractivity contribution is 0.746. The number of nitrogens with two attached hydrogens (primary N) is 1. The molecule has 1 aromatic heterocycles. The van der Waals surface area contributed by atoms with E-state index < -0.39 is 0 Å². The van der Waals surface area contributed by atoms with Crippen LogP contribution in [-0.4, -0.2) is 16.3 Å². The van der Waals surface area contributed by atoms with Crippen molar-refractivity contribution < 1.29 is 0 Å². The number of nitrogens with zero attached hydrogens (tertiary/aromatic N) is 2. The van der Waals surface area contributed by atoms with E-state index in [4.69, 9.17) is 5.73 Å². The molecule has 2 aromatic rings. The molecule has 2 rings (SSSR count). The summed E-state index contributed by atoms with van der Waals surface area (Å²) in [6, 6.07) is 8.36. The zero-order chi connectivity index (χ0) is 13.8. The van der Waals surface area contributed by atoms with Gasteiger partial charge in [0, 0.05) is 31.0 Å². The van der Waals surface area contributed by atoms with Crippen LogP contribution in [0.2, 0.25) is 0 Å². The molecule has 1 atom stereocenters. The first-order valence-corrected chi connectivity index (χ1v) is 6.70. The first-order chi connectivity index (χ1) is 9.15. The van der Waals surface area contributed by atoms with Gasteiger partial charge in [-0.2, -0.15) is 5.10 Å². The lowest BCUT2D eigenvalue weighted by atomic mass is 10.1. The number of aryl methyl sites for hydroxylation is 3. The molecule has 0 radical (unpaired) electrons. The highest BCUT2D eigenvalue weighted by molar-refractivity contribution is 5.52. The van der Waals surface area contributed by atoms with Crippen molar-refractivity contribution in [2.24, 2.45) is 12.8 Å². The second kappa shape index (κ2) is 5.89. The van der Waals surface area contributed by atoms with Crippen LogP contribution in [0.5, 0.6) is 0 Å². The number of aromatic nitrogens is 2. The Bertz CT molecular complexity index is 545. The van der Waals surface area contributed by atoms with E-state index in [0.717, 1.165) is 17.8 Å². The fourth-order valence-corrected chi connectivity index (χ4v) is 2.30. The molecule has 19 heavy (non-hydrogen) atoms. The Balaban J connectivity index is 2.27. The first kappa shape index (κ1) is 13.6. The SMILES string of the molecule is CCc1nn(C)cc1C(CN)Nc1ccccc1C. The van der Waals surface area contributed by atoms with Crippen LogP contribution in [0, 0.1) is 6.92 Å². The maximum Gasteiger partial charge on any atom is 0.0674 e. The molecule has 0 saturated carbocycles. The van der Waals surface area contributed by atoms with Gasteiger partial charge in [-0.3, -0.25) is 4.68 Å². The molecule has 1 heterocycles. The smallest absolute Gasteiger partial charge is 0.0674 e. The normalized spacial score (nSPS) is 12.4. The molecule has 4 heteroatoms. The molecular formula is C15H22N4. The van der Waals surface area contributed by atoms with Crippen LogP contribution in [0.4, 0.5) is 5.69 Å². The summed E-state index contributed by atoms with van der Waals surface area (Å²) < 4.78 is 1.86. The van der Waals surface area contributed by atoms with Crippen molar-refractivity contribution in [3.63, 3.8) is 0 Å². The van der Waals surface area contributed by atoms with Crippen LogP contribution < -0.4 is 11.1 Å². The number of rotatable bonds is 5. The first-order valence-electron chi connectivity index (χ1n) is 6.70. The van der Waals surface area contributed by atoms with Crippen LogP contribution >= 0.6 is 0 Å². The molecule has 1 aromatic carbocycles. The molecule has 0 aliphatic heterocycles. The minimum Gasteiger partial charge on any atom is -0.377 e. The Morgan fingerprint density at radius 1 is 1.37 bits per heavy atom. The highest BCUT2D eigenvalue weighted by atomic mass is 15.3. The predicted octanol–water partition coefficient (Wildman–Crippen LogP) is 2.40. The lowest BCUT2D eigenvalue weighted by Crippen LogP contribution is -2.21. The molecule has 0 fully saturated rings. The minimum atomic E-state index is 0.102. The molecule has 102 valence electrons. The quantitative estimate of drug-likeness (QED) is 0.866. The Kier molecular flexibility index (Phi) is 4.22. The molecule has 0 aliphatic rings. The summed E-state index contributed by atoms with van der Waals surface area (Å²) >= 11 is 0. The van der Waals surface area contributed by atoms with Crippen molar-refractivity contribution in [2.75, 3.05) is 11.9 Å².